The molecule has 0 aliphatic heterocycles. The Morgan fingerprint density at radius 3 is 2.79 bits per heavy atom. The number of pyridine rings is 1. The van der Waals surface area contributed by atoms with Gasteiger partial charge in [-0.25, -0.2) is 4.98 Å². The Labute approximate surface area is 129 Å². The average molecular weight is 362 g/mol. The molecule has 0 fully saturated rings. The van der Waals surface area contributed by atoms with Gasteiger partial charge in [-0.3, -0.25) is 0 Å². The first-order valence-electron chi connectivity index (χ1n) is 5.46. The van der Waals surface area contributed by atoms with Crippen LogP contribution in [-0.4, -0.2) is 4.98 Å². The highest BCUT2D eigenvalue weighted by Crippen LogP contribution is 2.31. The second-order valence-electron chi connectivity index (χ2n) is 3.99. The van der Waals surface area contributed by atoms with Crippen molar-refractivity contribution in [1.29, 1.82) is 0 Å². The van der Waals surface area contributed by atoms with Crippen LogP contribution in [0.5, 0.6) is 5.75 Å². The molecule has 0 radical (unpaired) electrons. The summed E-state index contributed by atoms with van der Waals surface area (Å²) >= 11 is 15.4. The zero-order chi connectivity index (χ0) is 14.0. The Bertz CT molecular complexity index is 600. The first kappa shape index (κ1) is 14.4. The smallest absolute Gasteiger partial charge is 0.143 e. The molecule has 100 valence electrons. The molecule has 2 N–H and O–H groups in total. The molecular formula is C13H11BrCl2N2O. The van der Waals surface area contributed by atoms with Gasteiger partial charge in [0, 0.05) is 16.2 Å². The molecule has 0 unspecified atom stereocenters. The maximum atomic E-state index is 6.05. The van der Waals surface area contributed by atoms with Crippen LogP contribution in [0.3, 0.4) is 0 Å². The standard InChI is InChI=1S/C13H11BrCl2N2O/c1-7-4-12(11(17)5-9(7)14)19-6-8-10(15)2-3-18-13(8)16/h2-5H,6,17H2,1H3. The first-order valence-corrected chi connectivity index (χ1v) is 7.01. The Morgan fingerprint density at radius 1 is 1.37 bits per heavy atom. The third-order valence-corrected chi connectivity index (χ3v) is 4.14. The number of halogens is 3. The minimum absolute atomic E-state index is 0.219. The molecule has 0 amide bonds. The second-order valence-corrected chi connectivity index (χ2v) is 5.61. The Kier molecular flexibility index (Phi) is 4.55. The number of ether oxygens (including phenoxy) is 1. The lowest BCUT2D eigenvalue weighted by atomic mass is 10.2. The van der Waals surface area contributed by atoms with Crippen molar-refractivity contribution in [3.63, 3.8) is 0 Å². The SMILES string of the molecule is Cc1cc(OCc2c(Cl)ccnc2Cl)c(N)cc1Br. The van der Waals surface area contributed by atoms with Crippen LogP contribution in [0.4, 0.5) is 5.69 Å². The molecule has 0 aliphatic rings. The fraction of sp³-hybridized carbons (Fsp3) is 0.154. The quantitative estimate of drug-likeness (QED) is 0.640. The van der Waals surface area contributed by atoms with E-state index < -0.39 is 0 Å². The highest BCUT2D eigenvalue weighted by atomic mass is 79.9. The summed E-state index contributed by atoms with van der Waals surface area (Å²) in [6.07, 6.45) is 1.55. The van der Waals surface area contributed by atoms with Gasteiger partial charge in [0.2, 0.25) is 0 Å². The molecule has 1 aromatic heterocycles. The topological polar surface area (TPSA) is 48.1 Å². The van der Waals surface area contributed by atoms with Crippen molar-refractivity contribution in [3.05, 3.63) is 50.2 Å². The van der Waals surface area contributed by atoms with Gasteiger partial charge >= 0.3 is 0 Å². The maximum absolute atomic E-state index is 6.05. The van der Waals surface area contributed by atoms with Gasteiger partial charge in [-0.15, -0.1) is 0 Å². The van der Waals surface area contributed by atoms with Crippen molar-refractivity contribution in [3.8, 4) is 5.75 Å². The highest BCUT2D eigenvalue weighted by Gasteiger charge is 2.10. The molecule has 0 aliphatic carbocycles. The lowest BCUT2D eigenvalue weighted by Gasteiger charge is -2.12. The van der Waals surface area contributed by atoms with Crippen molar-refractivity contribution in [2.45, 2.75) is 13.5 Å². The number of aromatic nitrogens is 1. The van der Waals surface area contributed by atoms with Crippen LogP contribution >= 0.6 is 39.1 Å². The molecular weight excluding hydrogens is 351 g/mol. The third kappa shape index (κ3) is 3.32. The van der Waals surface area contributed by atoms with E-state index in [9.17, 15) is 0 Å². The summed E-state index contributed by atoms with van der Waals surface area (Å²) < 4.78 is 6.61. The molecule has 0 saturated carbocycles. The number of aryl methyl sites for hydroxylation is 1. The van der Waals surface area contributed by atoms with Crippen molar-refractivity contribution < 1.29 is 4.74 Å². The summed E-state index contributed by atoms with van der Waals surface area (Å²) in [5.41, 5.74) is 8.12. The highest BCUT2D eigenvalue weighted by molar-refractivity contribution is 9.10. The Balaban J connectivity index is 2.22. The summed E-state index contributed by atoms with van der Waals surface area (Å²) in [5, 5.41) is 0.854. The van der Waals surface area contributed by atoms with E-state index in [1.807, 2.05) is 13.0 Å². The third-order valence-electron chi connectivity index (χ3n) is 2.61. The van der Waals surface area contributed by atoms with Gasteiger partial charge in [-0.1, -0.05) is 39.1 Å². The number of nitrogens with two attached hydrogens (primary N) is 1. The number of hydrogen-bond acceptors (Lipinski definition) is 3. The summed E-state index contributed by atoms with van der Waals surface area (Å²) in [6, 6.07) is 5.33. The van der Waals surface area contributed by atoms with Crippen LogP contribution < -0.4 is 10.5 Å². The normalized spacial score (nSPS) is 10.5. The van der Waals surface area contributed by atoms with Gasteiger partial charge in [0.25, 0.3) is 0 Å². The molecule has 2 rings (SSSR count). The van der Waals surface area contributed by atoms with Crippen LogP contribution in [0.25, 0.3) is 0 Å². The summed E-state index contributed by atoms with van der Waals surface area (Å²) in [4.78, 5) is 3.97. The van der Waals surface area contributed by atoms with Gasteiger partial charge in [-0.05, 0) is 30.7 Å². The molecule has 19 heavy (non-hydrogen) atoms. The van der Waals surface area contributed by atoms with Crippen LogP contribution in [0, 0.1) is 6.92 Å². The van der Waals surface area contributed by atoms with Gasteiger partial charge < -0.3 is 10.5 Å². The van der Waals surface area contributed by atoms with E-state index in [-0.39, 0.29) is 6.61 Å². The maximum Gasteiger partial charge on any atom is 0.143 e. The second kappa shape index (κ2) is 5.99. The summed E-state index contributed by atoms with van der Waals surface area (Å²) in [6.45, 7) is 2.18. The van der Waals surface area contributed by atoms with E-state index in [1.165, 1.54) is 0 Å². The fourth-order valence-corrected chi connectivity index (χ4v) is 2.34. The van der Waals surface area contributed by atoms with Crippen LogP contribution in [-0.2, 0) is 6.61 Å². The Hall–Kier alpha value is -0.970. The molecule has 6 heteroatoms. The van der Waals surface area contributed by atoms with Crippen molar-refractivity contribution >= 4 is 44.8 Å². The van der Waals surface area contributed by atoms with Gasteiger partial charge in [0.1, 0.15) is 17.5 Å². The minimum atomic E-state index is 0.219. The Morgan fingerprint density at radius 2 is 2.11 bits per heavy atom. The molecule has 0 spiro atoms. The fourth-order valence-electron chi connectivity index (χ4n) is 1.52. The molecule has 1 aromatic carbocycles. The van der Waals surface area contributed by atoms with Crippen molar-refractivity contribution in [1.82, 2.24) is 4.98 Å². The van der Waals surface area contributed by atoms with Gasteiger partial charge in [0.05, 0.1) is 10.7 Å². The predicted molar refractivity (Wildman–Crippen MR) is 81.9 cm³/mol. The first-order chi connectivity index (χ1) is 8.99. The van der Waals surface area contributed by atoms with E-state index in [0.717, 1.165) is 10.0 Å². The summed E-state index contributed by atoms with van der Waals surface area (Å²) in [7, 11) is 0. The minimum Gasteiger partial charge on any atom is -0.487 e. The van der Waals surface area contributed by atoms with E-state index in [4.69, 9.17) is 33.7 Å². The monoisotopic (exact) mass is 360 g/mol. The molecule has 2 aromatic rings. The number of rotatable bonds is 3. The van der Waals surface area contributed by atoms with E-state index in [2.05, 4.69) is 20.9 Å². The lowest BCUT2D eigenvalue weighted by molar-refractivity contribution is 0.307. The number of anilines is 1. The van der Waals surface area contributed by atoms with Crippen molar-refractivity contribution in [2.75, 3.05) is 5.73 Å². The zero-order valence-electron chi connectivity index (χ0n) is 10.1. The molecule has 3 nitrogen and oxygen atoms in total. The van der Waals surface area contributed by atoms with Gasteiger partial charge in [0.15, 0.2) is 0 Å². The molecule has 0 saturated heterocycles. The zero-order valence-corrected chi connectivity index (χ0v) is 13.2. The van der Waals surface area contributed by atoms with Crippen molar-refractivity contribution in [2.24, 2.45) is 0 Å². The number of nitrogen functional groups attached to an aromatic ring is 1. The van der Waals surface area contributed by atoms with Crippen LogP contribution in [0.1, 0.15) is 11.1 Å². The number of nitrogens with zero attached hydrogens (tertiary/aromatic N) is 1. The molecule has 1 heterocycles. The van der Waals surface area contributed by atoms with E-state index in [0.29, 0.717) is 27.2 Å². The molecule has 0 bridgehead atoms. The summed E-state index contributed by atoms with van der Waals surface area (Å²) in [5.74, 6) is 0.594. The van der Waals surface area contributed by atoms with E-state index in [1.54, 1.807) is 18.3 Å². The van der Waals surface area contributed by atoms with Crippen LogP contribution in [0.2, 0.25) is 10.2 Å². The van der Waals surface area contributed by atoms with Gasteiger partial charge in [-0.2, -0.15) is 0 Å². The molecule has 0 atom stereocenters. The average Bonchev–Trinajstić information content (AvgIpc) is 2.34. The largest absolute Gasteiger partial charge is 0.487 e. The number of hydrogen-bond donors (Lipinski definition) is 1. The number of benzene rings is 1. The lowest BCUT2D eigenvalue weighted by Crippen LogP contribution is -2.01. The predicted octanol–water partition coefficient (Wildman–Crippen LogP) is 4.62. The van der Waals surface area contributed by atoms with E-state index >= 15 is 0 Å². The van der Waals surface area contributed by atoms with Crippen LogP contribution in [0.15, 0.2) is 28.9 Å².